The molecule has 0 bridgehead atoms. The third-order valence-electron chi connectivity index (χ3n) is 1.40. The van der Waals surface area contributed by atoms with Crippen molar-refractivity contribution in [1.82, 2.24) is 0 Å². The van der Waals surface area contributed by atoms with Crippen molar-refractivity contribution >= 4 is 0 Å². The Morgan fingerprint density at radius 3 is 3.17 bits per heavy atom. The van der Waals surface area contributed by atoms with Gasteiger partial charge in [-0.1, -0.05) is 0 Å². The quantitative estimate of drug-likeness (QED) is 0.674. The summed E-state index contributed by atoms with van der Waals surface area (Å²) in [6.07, 6.45) is 9.37. The standard InChI is InChI=1S/C9H13NO2/c10-4-2-9-3-7-11-5-1-6-12-8-9/h1,3,5,7-8H,2,4,6,10H2/b5-1-,7-3?,9-8-. The summed E-state index contributed by atoms with van der Waals surface area (Å²) in [5, 5.41) is 0. The maximum Gasteiger partial charge on any atom is 0.109 e. The minimum atomic E-state index is 0.537. The highest BCUT2D eigenvalue weighted by Crippen LogP contribution is 2.04. The minimum Gasteiger partial charge on any atom is -0.497 e. The van der Waals surface area contributed by atoms with Gasteiger partial charge < -0.3 is 15.2 Å². The second-order valence-electron chi connectivity index (χ2n) is 2.38. The smallest absolute Gasteiger partial charge is 0.109 e. The third-order valence-corrected chi connectivity index (χ3v) is 1.40. The molecule has 1 aliphatic heterocycles. The summed E-state index contributed by atoms with van der Waals surface area (Å²) in [6.45, 7) is 1.16. The summed E-state index contributed by atoms with van der Waals surface area (Å²) in [7, 11) is 0. The molecule has 0 aromatic carbocycles. The summed E-state index contributed by atoms with van der Waals surface area (Å²) in [4.78, 5) is 0. The number of rotatable bonds is 2. The topological polar surface area (TPSA) is 44.5 Å². The summed E-state index contributed by atoms with van der Waals surface area (Å²) in [6, 6.07) is 0. The van der Waals surface area contributed by atoms with E-state index in [-0.39, 0.29) is 0 Å². The molecule has 1 rings (SSSR count). The molecule has 3 heteroatoms. The lowest BCUT2D eigenvalue weighted by Gasteiger charge is -1.98. The van der Waals surface area contributed by atoms with Gasteiger partial charge in [0.25, 0.3) is 0 Å². The van der Waals surface area contributed by atoms with Gasteiger partial charge in [-0.3, -0.25) is 0 Å². The molecular formula is C9H13NO2. The zero-order valence-corrected chi connectivity index (χ0v) is 6.90. The fraction of sp³-hybridized carbons (Fsp3) is 0.333. The van der Waals surface area contributed by atoms with Crippen LogP contribution in [0.4, 0.5) is 0 Å². The van der Waals surface area contributed by atoms with E-state index < -0.39 is 0 Å². The molecule has 12 heavy (non-hydrogen) atoms. The Balaban J connectivity index is 2.52. The van der Waals surface area contributed by atoms with E-state index in [0.29, 0.717) is 13.2 Å². The summed E-state index contributed by atoms with van der Waals surface area (Å²) < 4.78 is 10.2. The zero-order valence-electron chi connectivity index (χ0n) is 6.90. The van der Waals surface area contributed by atoms with E-state index in [1.807, 2.05) is 6.08 Å². The molecule has 0 radical (unpaired) electrons. The average molecular weight is 167 g/mol. The molecule has 0 atom stereocenters. The molecule has 0 spiro atoms. The predicted octanol–water partition coefficient (Wildman–Crippen LogP) is 1.29. The lowest BCUT2D eigenvalue weighted by Crippen LogP contribution is -1.99. The Kier molecular flexibility index (Phi) is 4.02. The first-order valence-electron chi connectivity index (χ1n) is 3.91. The van der Waals surface area contributed by atoms with Crippen LogP contribution in [-0.2, 0) is 9.47 Å². The highest BCUT2D eigenvalue weighted by atomic mass is 16.5. The van der Waals surface area contributed by atoms with E-state index in [2.05, 4.69) is 0 Å². The lowest BCUT2D eigenvalue weighted by molar-refractivity contribution is 0.283. The van der Waals surface area contributed by atoms with Crippen LogP contribution in [0.2, 0.25) is 0 Å². The summed E-state index contributed by atoms with van der Waals surface area (Å²) in [5.41, 5.74) is 6.44. The molecule has 2 N–H and O–H groups in total. The maximum absolute atomic E-state index is 5.40. The lowest BCUT2D eigenvalue weighted by atomic mass is 10.2. The Bertz CT molecular complexity index is 207. The van der Waals surface area contributed by atoms with Gasteiger partial charge in [-0.05, 0) is 30.7 Å². The van der Waals surface area contributed by atoms with Crippen LogP contribution in [0.1, 0.15) is 6.42 Å². The van der Waals surface area contributed by atoms with Crippen molar-refractivity contribution in [1.29, 1.82) is 0 Å². The van der Waals surface area contributed by atoms with E-state index in [1.54, 1.807) is 24.9 Å². The van der Waals surface area contributed by atoms with Gasteiger partial charge in [-0.15, -0.1) is 0 Å². The van der Waals surface area contributed by atoms with Gasteiger partial charge in [0.2, 0.25) is 0 Å². The van der Waals surface area contributed by atoms with Crippen LogP contribution in [0, 0.1) is 0 Å². The first-order valence-corrected chi connectivity index (χ1v) is 3.91. The molecule has 1 heterocycles. The molecule has 0 fully saturated rings. The molecule has 0 aromatic rings. The largest absolute Gasteiger partial charge is 0.497 e. The van der Waals surface area contributed by atoms with E-state index in [1.165, 1.54) is 0 Å². The van der Waals surface area contributed by atoms with Crippen LogP contribution in [0.15, 0.2) is 36.5 Å². The minimum absolute atomic E-state index is 0.537. The van der Waals surface area contributed by atoms with Crippen LogP contribution >= 0.6 is 0 Å². The average Bonchev–Trinajstić information content (AvgIpc) is 2.19. The van der Waals surface area contributed by atoms with E-state index in [4.69, 9.17) is 15.2 Å². The second kappa shape index (κ2) is 5.43. The Labute approximate surface area is 72.2 Å². The van der Waals surface area contributed by atoms with Crippen LogP contribution in [-0.4, -0.2) is 13.2 Å². The first kappa shape index (κ1) is 8.87. The number of allylic oxidation sites excluding steroid dienone is 1. The van der Waals surface area contributed by atoms with Gasteiger partial charge >= 0.3 is 0 Å². The SMILES string of the molecule is NCC/C1=C/OC/C=C\OC=C1. The van der Waals surface area contributed by atoms with Crippen LogP contribution in [0.5, 0.6) is 0 Å². The van der Waals surface area contributed by atoms with Crippen LogP contribution < -0.4 is 5.73 Å². The number of hydrogen-bond acceptors (Lipinski definition) is 3. The third kappa shape index (κ3) is 3.25. The molecule has 0 aromatic heterocycles. The van der Waals surface area contributed by atoms with Gasteiger partial charge in [-0.2, -0.15) is 0 Å². The Morgan fingerprint density at radius 2 is 2.33 bits per heavy atom. The van der Waals surface area contributed by atoms with Crippen molar-refractivity contribution in [3.63, 3.8) is 0 Å². The summed E-state index contributed by atoms with van der Waals surface area (Å²) >= 11 is 0. The van der Waals surface area contributed by atoms with Crippen LogP contribution in [0.25, 0.3) is 0 Å². The summed E-state index contributed by atoms with van der Waals surface area (Å²) in [5.74, 6) is 0. The highest BCUT2D eigenvalue weighted by Gasteiger charge is 1.92. The van der Waals surface area contributed by atoms with Crippen molar-refractivity contribution in [2.24, 2.45) is 5.73 Å². The Morgan fingerprint density at radius 1 is 1.42 bits per heavy atom. The number of ether oxygens (including phenoxy) is 2. The molecule has 0 aliphatic carbocycles. The van der Waals surface area contributed by atoms with Gasteiger partial charge in [0.05, 0.1) is 18.8 Å². The maximum atomic E-state index is 5.40. The van der Waals surface area contributed by atoms with E-state index >= 15 is 0 Å². The van der Waals surface area contributed by atoms with Crippen molar-refractivity contribution in [2.75, 3.05) is 13.2 Å². The molecule has 0 amide bonds. The van der Waals surface area contributed by atoms with Crippen molar-refractivity contribution in [3.8, 4) is 0 Å². The van der Waals surface area contributed by atoms with E-state index in [0.717, 1.165) is 12.0 Å². The molecule has 0 unspecified atom stereocenters. The van der Waals surface area contributed by atoms with Crippen molar-refractivity contribution in [3.05, 3.63) is 36.5 Å². The van der Waals surface area contributed by atoms with Crippen molar-refractivity contribution < 1.29 is 9.47 Å². The monoisotopic (exact) mass is 167 g/mol. The normalized spacial score (nSPS) is 23.6. The number of nitrogens with two attached hydrogens (primary N) is 1. The fourth-order valence-electron chi connectivity index (χ4n) is 0.826. The molecule has 3 nitrogen and oxygen atoms in total. The van der Waals surface area contributed by atoms with Gasteiger partial charge in [0.1, 0.15) is 6.61 Å². The first-order chi connectivity index (χ1) is 5.93. The molecule has 0 saturated carbocycles. The van der Waals surface area contributed by atoms with Gasteiger partial charge in [0.15, 0.2) is 0 Å². The number of hydrogen-bond donors (Lipinski definition) is 1. The zero-order chi connectivity index (χ0) is 8.65. The predicted molar refractivity (Wildman–Crippen MR) is 47.1 cm³/mol. The van der Waals surface area contributed by atoms with E-state index in [9.17, 15) is 0 Å². The fourth-order valence-corrected chi connectivity index (χ4v) is 0.826. The second-order valence-corrected chi connectivity index (χ2v) is 2.38. The molecule has 0 saturated heterocycles. The molecular weight excluding hydrogens is 154 g/mol. The Hall–Kier alpha value is -1.22. The van der Waals surface area contributed by atoms with Gasteiger partial charge in [0, 0.05) is 0 Å². The van der Waals surface area contributed by atoms with Gasteiger partial charge in [-0.25, -0.2) is 0 Å². The highest BCUT2D eigenvalue weighted by molar-refractivity contribution is 5.15. The van der Waals surface area contributed by atoms with Crippen molar-refractivity contribution in [2.45, 2.75) is 6.42 Å². The molecule has 66 valence electrons. The molecule has 1 aliphatic rings. The van der Waals surface area contributed by atoms with Crippen LogP contribution in [0.3, 0.4) is 0 Å².